The van der Waals surface area contributed by atoms with Gasteiger partial charge in [0.2, 0.25) is 5.82 Å². The Morgan fingerprint density at radius 1 is 0.800 bits per heavy atom. The largest absolute Gasteiger partial charge is 0.497 e. The fraction of sp³-hybridized carbons (Fsp3) is 0.240. The van der Waals surface area contributed by atoms with Crippen molar-refractivity contribution in [2.45, 2.75) is 12.5 Å². The van der Waals surface area contributed by atoms with E-state index >= 15 is 0 Å². The Hall–Kier alpha value is -3.82. The Morgan fingerprint density at radius 3 is 1.89 bits per heavy atom. The highest BCUT2D eigenvalue weighted by Crippen LogP contribution is 2.42. The number of methoxy groups -OCH3 is 3. The molecule has 5 nitrogen and oxygen atoms in total. The normalized spacial score (nSPS) is 15.0. The zero-order chi connectivity index (χ0) is 25.4. The monoisotopic (exact) mass is 493 g/mol. The van der Waals surface area contributed by atoms with Crippen LogP contribution in [0.25, 0.3) is 0 Å². The Labute approximate surface area is 197 Å². The van der Waals surface area contributed by atoms with Gasteiger partial charge in [0.15, 0.2) is 34.8 Å². The van der Waals surface area contributed by atoms with Gasteiger partial charge >= 0.3 is 0 Å². The highest BCUT2D eigenvalue weighted by molar-refractivity contribution is 5.95. The van der Waals surface area contributed by atoms with Crippen LogP contribution in [0.15, 0.2) is 36.4 Å². The molecular weight excluding hydrogens is 473 g/mol. The SMILES string of the molecule is COc1ccc(C2c3cc(OC)c(OC)cc3CCN2C(=O)c2c(F)c(F)c(F)c(F)c2F)cc1. The van der Waals surface area contributed by atoms with E-state index in [1.165, 1.54) is 21.3 Å². The number of carbonyl (C=O) groups is 1. The van der Waals surface area contributed by atoms with Crippen LogP contribution in [0.2, 0.25) is 0 Å². The van der Waals surface area contributed by atoms with E-state index in [9.17, 15) is 26.7 Å². The lowest BCUT2D eigenvalue weighted by atomic mass is 9.87. The molecule has 10 heteroatoms. The molecule has 1 heterocycles. The van der Waals surface area contributed by atoms with Crippen LogP contribution in [0.1, 0.15) is 33.1 Å². The van der Waals surface area contributed by atoms with E-state index in [0.29, 0.717) is 28.4 Å². The van der Waals surface area contributed by atoms with Crippen molar-refractivity contribution in [2.75, 3.05) is 27.9 Å². The first-order valence-corrected chi connectivity index (χ1v) is 10.4. The number of ether oxygens (including phenoxy) is 3. The number of benzene rings is 3. The fourth-order valence-corrected chi connectivity index (χ4v) is 4.25. The van der Waals surface area contributed by atoms with Crippen LogP contribution >= 0.6 is 0 Å². The summed E-state index contributed by atoms with van der Waals surface area (Å²) >= 11 is 0. The van der Waals surface area contributed by atoms with Crippen molar-refractivity contribution in [2.24, 2.45) is 0 Å². The average molecular weight is 493 g/mol. The maximum atomic E-state index is 14.5. The topological polar surface area (TPSA) is 48.0 Å². The second-order valence-corrected chi connectivity index (χ2v) is 7.78. The van der Waals surface area contributed by atoms with Crippen LogP contribution in [0.4, 0.5) is 22.0 Å². The third-order valence-corrected chi connectivity index (χ3v) is 5.99. The number of hydrogen-bond acceptors (Lipinski definition) is 4. The molecule has 4 rings (SSSR count). The molecular formula is C25H20F5NO4. The van der Waals surface area contributed by atoms with Gasteiger partial charge in [-0.15, -0.1) is 0 Å². The lowest BCUT2D eigenvalue weighted by Gasteiger charge is -2.38. The van der Waals surface area contributed by atoms with Gasteiger partial charge in [0.25, 0.3) is 5.91 Å². The number of hydrogen-bond donors (Lipinski definition) is 0. The second kappa shape index (κ2) is 9.44. The standard InChI is InChI=1S/C25H20F5NO4/c1-33-14-6-4-12(5-7-14)24-15-11-17(35-3)16(34-2)10-13(15)8-9-31(24)25(32)18-19(26)21(28)23(30)22(29)20(18)27/h4-7,10-11,24H,8-9H2,1-3H3. The molecule has 1 unspecified atom stereocenters. The first-order chi connectivity index (χ1) is 16.7. The summed E-state index contributed by atoms with van der Waals surface area (Å²) in [6.07, 6.45) is 0.240. The van der Waals surface area contributed by atoms with E-state index in [-0.39, 0.29) is 13.0 Å². The number of carbonyl (C=O) groups excluding carboxylic acids is 1. The Kier molecular flexibility index (Phi) is 6.56. The molecule has 0 spiro atoms. The molecule has 35 heavy (non-hydrogen) atoms. The van der Waals surface area contributed by atoms with Crippen molar-refractivity contribution in [3.05, 3.63) is 87.7 Å². The molecule has 0 radical (unpaired) electrons. The molecule has 0 fully saturated rings. The van der Waals surface area contributed by atoms with Gasteiger partial charge in [-0.05, 0) is 47.4 Å². The molecule has 0 bridgehead atoms. The van der Waals surface area contributed by atoms with Crippen molar-refractivity contribution in [1.29, 1.82) is 0 Å². The predicted octanol–water partition coefficient (Wildman–Crippen LogP) is 5.20. The summed E-state index contributed by atoms with van der Waals surface area (Å²) in [7, 11) is 4.36. The number of halogens is 5. The van der Waals surface area contributed by atoms with Crippen molar-refractivity contribution in [3.63, 3.8) is 0 Å². The molecule has 1 aliphatic rings. The molecule has 3 aromatic rings. The molecule has 184 valence electrons. The summed E-state index contributed by atoms with van der Waals surface area (Å²) in [4.78, 5) is 14.4. The Bertz CT molecular complexity index is 1270. The third kappa shape index (κ3) is 4.02. The summed E-state index contributed by atoms with van der Waals surface area (Å²) in [6, 6.07) is 8.98. The summed E-state index contributed by atoms with van der Waals surface area (Å²) in [5.74, 6) is -11.1. The summed E-state index contributed by atoms with van der Waals surface area (Å²) < 4.78 is 86.3. The minimum absolute atomic E-state index is 0.0580. The van der Waals surface area contributed by atoms with Crippen LogP contribution in [0, 0.1) is 29.1 Å². The first kappa shape index (κ1) is 24.3. The zero-order valence-electron chi connectivity index (χ0n) is 18.9. The molecule has 0 aromatic heterocycles. The maximum Gasteiger partial charge on any atom is 0.260 e. The van der Waals surface area contributed by atoms with Crippen LogP contribution < -0.4 is 14.2 Å². The van der Waals surface area contributed by atoms with Gasteiger partial charge < -0.3 is 19.1 Å². The Morgan fingerprint density at radius 2 is 1.34 bits per heavy atom. The summed E-state index contributed by atoms with van der Waals surface area (Å²) in [6.45, 7) is -0.0580. The molecule has 3 aromatic carbocycles. The van der Waals surface area contributed by atoms with Gasteiger partial charge in [-0.3, -0.25) is 4.79 Å². The number of nitrogens with zero attached hydrogens (tertiary/aromatic N) is 1. The van der Waals surface area contributed by atoms with Crippen LogP contribution in [0.3, 0.4) is 0 Å². The number of rotatable bonds is 5. The van der Waals surface area contributed by atoms with Gasteiger partial charge in [0.1, 0.15) is 11.3 Å². The van der Waals surface area contributed by atoms with Gasteiger partial charge in [-0.25, -0.2) is 22.0 Å². The van der Waals surface area contributed by atoms with Crippen LogP contribution in [0.5, 0.6) is 17.2 Å². The van der Waals surface area contributed by atoms with Crippen molar-refractivity contribution in [1.82, 2.24) is 4.90 Å². The minimum atomic E-state index is -2.33. The average Bonchev–Trinajstić information content (AvgIpc) is 2.89. The second-order valence-electron chi connectivity index (χ2n) is 7.78. The van der Waals surface area contributed by atoms with E-state index < -0.39 is 46.6 Å². The smallest absolute Gasteiger partial charge is 0.260 e. The highest BCUT2D eigenvalue weighted by Gasteiger charge is 2.38. The first-order valence-electron chi connectivity index (χ1n) is 10.4. The van der Waals surface area contributed by atoms with E-state index in [4.69, 9.17) is 14.2 Å². The fourth-order valence-electron chi connectivity index (χ4n) is 4.25. The third-order valence-electron chi connectivity index (χ3n) is 5.99. The maximum absolute atomic E-state index is 14.5. The highest BCUT2D eigenvalue weighted by atomic mass is 19.2. The van der Waals surface area contributed by atoms with Gasteiger partial charge in [-0.1, -0.05) is 12.1 Å². The van der Waals surface area contributed by atoms with Crippen LogP contribution in [-0.4, -0.2) is 38.7 Å². The molecule has 1 amide bonds. The van der Waals surface area contributed by atoms with Crippen molar-refractivity contribution < 1.29 is 41.0 Å². The van der Waals surface area contributed by atoms with Gasteiger partial charge in [0.05, 0.1) is 27.4 Å². The quantitative estimate of drug-likeness (QED) is 0.279. The van der Waals surface area contributed by atoms with E-state index in [1.807, 2.05) is 0 Å². The molecule has 1 atom stereocenters. The predicted molar refractivity (Wildman–Crippen MR) is 115 cm³/mol. The minimum Gasteiger partial charge on any atom is -0.497 e. The van der Waals surface area contributed by atoms with Crippen LogP contribution in [-0.2, 0) is 6.42 Å². The summed E-state index contributed by atoms with van der Waals surface area (Å²) in [5, 5.41) is 0. The lowest BCUT2D eigenvalue weighted by Crippen LogP contribution is -2.41. The lowest BCUT2D eigenvalue weighted by molar-refractivity contribution is 0.0680. The van der Waals surface area contributed by atoms with E-state index in [1.54, 1.807) is 36.4 Å². The number of amides is 1. The van der Waals surface area contributed by atoms with E-state index in [2.05, 4.69) is 0 Å². The van der Waals surface area contributed by atoms with Gasteiger partial charge in [-0.2, -0.15) is 0 Å². The molecule has 0 N–H and O–H groups in total. The molecule has 0 aliphatic carbocycles. The van der Waals surface area contributed by atoms with E-state index in [0.717, 1.165) is 10.5 Å². The Balaban J connectivity index is 1.91. The van der Waals surface area contributed by atoms with Gasteiger partial charge in [0, 0.05) is 6.54 Å². The summed E-state index contributed by atoms with van der Waals surface area (Å²) in [5.41, 5.74) is 0.334. The van der Waals surface area contributed by atoms with Crippen molar-refractivity contribution >= 4 is 5.91 Å². The van der Waals surface area contributed by atoms with Crippen molar-refractivity contribution in [3.8, 4) is 17.2 Å². The number of fused-ring (bicyclic) bond motifs is 1. The molecule has 0 saturated carbocycles. The molecule has 1 aliphatic heterocycles. The zero-order valence-corrected chi connectivity index (χ0v) is 18.9. The molecule has 0 saturated heterocycles.